The van der Waals surface area contributed by atoms with Crippen LogP contribution in [0.5, 0.6) is 5.75 Å². The fourth-order valence-electron chi connectivity index (χ4n) is 1.60. The van der Waals surface area contributed by atoms with E-state index in [9.17, 15) is 4.79 Å². The third-order valence-electron chi connectivity index (χ3n) is 2.79. The molecule has 0 aromatic heterocycles. The molecule has 19 heavy (non-hydrogen) atoms. The standard InChI is InChI=1S/C14H20BrNO3/c1-9(16)11-6-5-10(15)7-12(11)19-8-14(2,3)13(17)18-4/h5-7,9H,8,16H2,1-4H3. The Labute approximate surface area is 122 Å². The fourth-order valence-corrected chi connectivity index (χ4v) is 1.94. The van der Waals surface area contributed by atoms with E-state index in [1.165, 1.54) is 7.11 Å². The molecule has 5 heteroatoms. The van der Waals surface area contributed by atoms with Crippen molar-refractivity contribution in [3.05, 3.63) is 28.2 Å². The number of carbonyl (C=O) groups is 1. The number of halogens is 1. The SMILES string of the molecule is COC(=O)C(C)(C)COc1cc(Br)ccc1C(C)N. The van der Waals surface area contributed by atoms with Crippen LogP contribution < -0.4 is 10.5 Å². The number of carbonyl (C=O) groups excluding carboxylic acids is 1. The molecule has 0 aliphatic heterocycles. The molecule has 1 aromatic rings. The van der Waals surface area contributed by atoms with E-state index in [-0.39, 0.29) is 18.6 Å². The molecule has 0 aliphatic carbocycles. The minimum absolute atomic E-state index is 0.135. The van der Waals surface area contributed by atoms with Crippen molar-refractivity contribution < 1.29 is 14.3 Å². The van der Waals surface area contributed by atoms with Crippen molar-refractivity contribution in [3.8, 4) is 5.75 Å². The van der Waals surface area contributed by atoms with Crippen molar-refractivity contribution in [3.63, 3.8) is 0 Å². The Morgan fingerprint density at radius 2 is 2.11 bits per heavy atom. The van der Waals surface area contributed by atoms with Crippen molar-refractivity contribution in [1.29, 1.82) is 0 Å². The highest BCUT2D eigenvalue weighted by molar-refractivity contribution is 9.10. The van der Waals surface area contributed by atoms with Gasteiger partial charge in [-0.05, 0) is 32.9 Å². The summed E-state index contributed by atoms with van der Waals surface area (Å²) < 4.78 is 11.4. The van der Waals surface area contributed by atoms with Gasteiger partial charge in [0.15, 0.2) is 0 Å². The van der Waals surface area contributed by atoms with Gasteiger partial charge in [-0.1, -0.05) is 22.0 Å². The Bertz CT molecular complexity index is 458. The van der Waals surface area contributed by atoms with Crippen molar-refractivity contribution in [2.45, 2.75) is 26.8 Å². The predicted octanol–water partition coefficient (Wildman–Crippen LogP) is 3.05. The van der Waals surface area contributed by atoms with Gasteiger partial charge in [0.1, 0.15) is 12.4 Å². The monoisotopic (exact) mass is 329 g/mol. The Morgan fingerprint density at radius 1 is 1.47 bits per heavy atom. The molecule has 106 valence electrons. The van der Waals surface area contributed by atoms with E-state index in [1.807, 2.05) is 25.1 Å². The molecule has 0 fully saturated rings. The fraction of sp³-hybridized carbons (Fsp3) is 0.500. The molecule has 2 N–H and O–H groups in total. The van der Waals surface area contributed by atoms with Gasteiger partial charge < -0.3 is 15.2 Å². The zero-order chi connectivity index (χ0) is 14.6. The number of nitrogens with two attached hydrogens (primary N) is 1. The third kappa shape index (κ3) is 4.21. The van der Waals surface area contributed by atoms with E-state index < -0.39 is 5.41 Å². The van der Waals surface area contributed by atoms with Gasteiger partial charge in [0.25, 0.3) is 0 Å². The Balaban J connectivity index is 2.88. The average Bonchev–Trinajstić information content (AvgIpc) is 2.35. The van der Waals surface area contributed by atoms with Crippen LogP contribution in [0.1, 0.15) is 32.4 Å². The lowest BCUT2D eigenvalue weighted by atomic mass is 9.95. The van der Waals surface area contributed by atoms with Crippen LogP contribution in [0, 0.1) is 5.41 Å². The first-order valence-corrected chi connectivity index (χ1v) is 6.83. The molecule has 0 amide bonds. The second kappa shape index (κ2) is 6.39. The molecular weight excluding hydrogens is 310 g/mol. The Kier molecular flexibility index (Phi) is 5.38. The van der Waals surface area contributed by atoms with E-state index >= 15 is 0 Å². The first-order chi connectivity index (χ1) is 8.77. The third-order valence-corrected chi connectivity index (χ3v) is 3.29. The molecule has 0 aliphatic rings. The molecule has 1 atom stereocenters. The van der Waals surface area contributed by atoms with E-state index in [0.29, 0.717) is 5.75 Å². The van der Waals surface area contributed by atoms with Crippen LogP contribution in [-0.4, -0.2) is 19.7 Å². The second-order valence-corrected chi connectivity index (χ2v) is 6.05. The van der Waals surface area contributed by atoms with Crippen LogP contribution in [0.4, 0.5) is 0 Å². The largest absolute Gasteiger partial charge is 0.492 e. The molecule has 0 radical (unpaired) electrons. The number of hydrogen-bond acceptors (Lipinski definition) is 4. The second-order valence-electron chi connectivity index (χ2n) is 5.13. The van der Waals surface area contributed by atoms with Gasteiger partial charge >= 0.3 is 5.97 Å². The Hall–Kier alpha value is -1.07. The van der Waals surface area contributed by atoms with Crippen molar-refractivity contribution in [2.75, 3.05) is 13.7 Å². The number of ether oxygens (including phenoxy) is 2. The highest BCUT2D eigenvalue weighted by Crippen LogP contribution is 2.29. The van der Waals surface area contributed by atoms with Crippen LogP contribution in [-0.2, 0) is 9.53 Å². The van der Waals surface area contributed by atoms with E-state index in [4.69, 9.17) is 15.2 Å². The van der Waals surface area contributed by atoms with Crippen LogP contribution in [0.2, 0.25) is 0 Å². The van der Waals surface area contributed by atoms with Gasteiger partial charge in [-0.25, -0.2) is 0 Å². The quantitative estimate of drug-likeness (QED) is 0.843. The first kappa shape index (κ1) is 16.0. The highest BCUT2D eigenvalue weighted by Gasteiger charge is 2.30. The van der Waals surface area contributed by atoms with Gasteiger partial charge in [-0.15, -0.1) is 0 Å². The van der Waals surface area contributed by atoms with E-state index in [1.54, 1.807) is 13.8 Å². The molecule has 0 bridgehead atoms. The average molecular weight is 330 g/mol. The van der Waals surface area contributed by atoms with Crippen molar-refractivity contribution in [2.24, 2.45) is 11.1 Å². The summed E-state index contributed by atoms with van der Waals surface area (Å²) in [5.41, 5.74) is 6.11. The lowest BCUT2D eigenvalue weighted by Crippen LogP contribution is -2.32. The number of hydrogen-bond donors (Lipinski definition) is 1. The maximum atomic E-state index is 11.6. The highest BCUT2D eigenvalue weighted by atomic mass is 79.9. The van der Waals surface area contributed by atoms with Crippen LogP contribution in [0.25, 0.3) is 0 Å². The molecule has 1 aromatic carbocycles. The minimum atomic E-state index is -0.702. The summed E-state index contributed by atoms with van der Waals surface area (Å²) in [5.74, 6) is 0.381. The summed E-state index contributed by atoms with van der Waals surface area (Å²) in [7, 11) is 1.37. The summed E-state index contributed by atoms with van der Waals surface area (Å²) in [6.45, 7) is 5.68. The number of benzene rings is 1. The van der Waals surface area contributed by atoms with Crippen molar-refractivity contribution >= 4 is 21.9 Å². The molecule has 0 saturated heterocycles. The summed E-state index contributed by atoms with van der Waals surface area (Å²) >= 11 is 3.40. The molecular formula is C14H20BrNO3. The van der Waals surface area contributed by atoms with Crippen LogP contribution in [0.3, 0.4) is 0 Å². The molecule has 0 spiro atoms. The predicted molar refractivity (Wildman–Crippen MR) is 78.0 cm³/mol. The van der Waals surface area contributed by atoms with Crippen molar-refractivity contribution in [1.82, 2.24) is 0 Å². The molecule has 4 nitrogen and oxygen atoms in total. The number of esters is 1. The summed E-state index contributed by atoms with van der Waals surface area (Å²) in [4.78, 5) is 11.6. The van der Waals surface area contributed by atoms with E-state index in [2.05, 4.69) is 15.9 Å². The van der Waals surface area contributed by atoms with Crippen LogP contribution >= 0.6 is 15.9 Å². The zero-order valence-electron chi connectivity index (χ0n) is 11.7. The minimum Gasteiger partial charge on any atom is -0.492 e. The lowest BCUT2D eigenvalue weighted by Gasteiger charge is -2.23. The first-order valence-electron chi connectivity index (χ1n) is 6.04. The maximum Gasteiger partial charge on any atom is 0.314 e. The smallest absolute Gasteiger partial charge is 0.314 e. The van der Waals surface area contributed by atoms with Gasteiger partial charge in [0.05, 0.1) is 12.5 Å². The van der Waals surface area contributed by atoms with Gasteiger partial charge in [0, 0.05) is 16.1 Å². The maximum absolute atomic E-state index is 11.6. The normalized spacial score (nSPS) is 12.9. The summed E-state index contributed by atoms with van der Waals surface area (Å²) in [5, 5.41) is 0. The number of methoxy groups -OCH3 is 1. The summed E-state index contributed by atoms with van der Waals surface area (Å²) in [6.07, 6.45) is 0. The zero-order valence-corrected chi connectivity index (χ0v) is 13.3. The lowest BCUT2D eigenvalue weighted by molar-refractivity contribution is -0.152. The molecule has 1 unspecified atom stereocenters. The molecule has 1 rings (SSSR count). The topological polar surface area (TPSA) is 61.5 Å². The Morgan fingerprint density at radius 3 is 2.63 bits per heavy atom. The van der Waals surface area contributed by atoms with Gasteiger partial charge in [0.2, 0.25) is 0 Å². The number of rotatable bonds is 5. The van der Waals surface area contributed by atoms with Gasteiger partial charge in [-0.3, -0.25) is 4.79 Å². The van der Waals surface area contributed by atoms with Crippen LogP contribution in [0.15, 0.2) is 22.7 Å². The summed E-state index contributed by atoms with van der Waals surface area (Å²) in [6, 6.07) is 5.54. The van der Waals surface area contributed by atoms with Gasteiger partial charge in [-0.2, -0.15) is 0 Å². The molecule has 0 heterocycles. The molecule has 0 saturated carbocycles. The van der Waals surface area contributed by atoms with E-state index in [0.717, 1.165) is 10.0 Å².